The van der Waals surface area contributed by atoms with Gasteiger partial charge in [-0.1, -0.05) is 27.7 Å². The van der Waals surface area contributed by atoms with Crippen molar-refractivity contribution >= 4 is 11.8 Å². The number of aryl methyl sites for hydroxylation is 2. The molecule has 0 saturated heterocycles. The highest BCUT2D eigenvalue weighted by molar-refractivity contribution is 5.87. The Bertz CT molecular complexity index is 650. The van der Waals surface area contributed by atoms with Gasteiger partial charge in [0, 0.05) is 51.9 Å². The molecule has 0 bridgehead atoms. The number of rotatable bonds is 7. The maximum atomic E-state index is 12.9. The van der Waals surface area contributed by atoms with Crippen molar-refractivity contribution in [3.8, 4) is 0 Å². The fourth-order valence-corrected chi connectivity index (χ4v) is 4.15. The summed E-state index contributed by atoms with van der Waals surface area (Å²) in [5, 5.41) is 3.11. The molecule has 2 rings (SSSR count). The van der Waals surface area contributed by atoms with Gasteiger partial charge >= 0.3 is 0 Å². The molecule has 2 atom stereocenters. The van der Waals surface area contributed by atoms with Crippen molar-refractivity contribution < 1.29 is 9.59 Å². The lowest BCUT2D eigenvalue weighted by Crippen LogP contribution is -2.49. The second-order valence-corrected chi connectivity index (χ2v) is 8.38. The Labute approximate surface area is 157 Å². The number of hydrogen-bond donors (Lipinski definition) is 1. The van der Waals surface area contributed by atoms with Gasteiger partial charge in [-0.25, -0.2) is 4.98 Å². The van der Waals surface area contributed by atoms with Crippen LogP contribution in [0.2, 0.25) is 0 Å². The molecule has 1 aromatic rings. The van der Waals surface area contributed by atoms with Crippen LogP contribution in [-0.2, 0) is 22.6 Å². The fourth-order valence-electron chi connectivity index (χ4n) is 4.15. The number of carbonyl (C=O) groups excluding carboxylic acids is 2. The minimum atomic E-state index is -0.521. The molecule has 0 radical (unpaired) electrons. The lowest BCUT2D eigenvalue weighted by molar-refractivity contribution is -0.142. The van der Waals surface area contributed by atoms with Crippen LogP contribution >= 0.6 is 0 Å². The average Bonchev–Trinajstić information content (AvgIpc) is 3.13. The van der Waals surface area contributed by atoms with Crippen molar-refractivity contribution in [2.45, 2.75) is 59.9 Å². The molecule has 1 aromatic heterocycles. The molecule has 6 nitrogen and oxygen atoms in total. The molecular weight excluding hydrogens is 328 g/mol. The van der Waals surface area contributed by atoms with E-state index in [-0.39, 0.29) is 23.1 Å². The molecule has 0 aromatic carbocycles. The van der Waals surface area contributed by atoms with Crippen LogP contribution in [0.3, 0.4) is 0 Å². The van der Waals surface area contributed by atoms with Gasteiger partial charge in [0.05, 0.1) is 5.41 Å². The van der Waals surface area contributed by atoms with Crippen LogP contribution in [-0.4, -0.2) is 46.9 Å². The number of aromatic nitrogens is 2. The van der Waals surface area contributed by atoms with Crippen molar-refractivity contribution in [3.05, 3.63) is 18.2 Å². The van der Waals surface area contributed by atoms with E-state index in [1.54, 1.807) is 19.0 Å². The summed E-state index contributed by atoms with van der Waals surface area (Å²) in [6.07, 6.45) is 7.10. The van der Waals surface area contributed by atoms with Crippen molar-refractivity contribution in [2.75, 3.05) is 20.6 Å². The predicted molar refractivity (Wildman–Crippen MR) is 103 cm³/mol. The summed E-state index contributed by atoms with van der Waals surface area (Å²) in [6.45, 7) is 9.71. The maximum Gasteiger partial charge on any atom is 0.226 e. The van der Waals surface area contributed by atoms with E-state index in [1.165, 1.54) is 0 Å². The van der Waals surface area contributed by atoms with Crippen LogP contribution in [0, 0.1) is 16.7 Å². The minimum absolute atomic E-state index is 0.0675. The third kappa shape index (κ3) is 3.64. The third-order valence-electron chi connectivity index (χ3n) is 6.45. The quantitative estimate of drug-likeness (QED) is 0.758. The number of nitrogens with one attached hydrogen (secondary N) is 1. The topological polar surface area (TPSA) is 67.2 Å². The van der Waals surface area contributed by atoms with Gasteiger partial charge in [-0.05, 0) is 24.7 Å². The van der Waals surface area contributed by atoms with E-state index in [4.69, 9.17) is 0 Å². The maximum absolute atomic E-state index is 12.9. The van der Waals surface area contributed by atoms with Crippen LogP contribution in [0.25, 0.3) is 0 Å². The first kappa shape index (κ1) is 20.5. The minimum Gasteiger partial charge on any atom is -0.356 e. The van der Waals surface area contributed by atoms with E-state index in [0.717, 1.165) is 38.1 Å². The number of imidazole rings is 1. The van der Waals surface area contributed by atoms with E-state index in [9.17, 15) is 9.59 Å². The zero-order valence-electron chi connectivity index (χ0n) is 17.1. The molecule has 2 amide bonds. The first-order chi connectivity index (χ1) is 12.1. The highest BCUT2D eigenvalue weighted by Gasteiger charge is 2.58. The van der Waals surface area contributed by atoms with E-state index >= 15 is 0 Å². The van der Waals surface area contributed by atoms with E-state index in [2.05, 4.69) is 35.6 Å². The SMILES string of the molecule is CCc1nccn1CCCNC(=O)[C@@]1(C)CC[C@@H](C(=O)N(C)C)C1(C)C. The fraction of sp³-hybridized carbons (Fsp3) is 0.750. The molecule has 0 unspecified atom stereocenters. The van der Waals surface area contributed by atoms with E-state index < -0.39 is 5.41 Å². The molecule has 6 heteroatoms. The molecular formula is C20H34N4O2. The predicted octanol–water partition coefficient (Wildman–Crippen LogP) is 2.48. The first-order valence-electron chi connectivity index (χ1n) is 9.64. The summed E-state index contributed by atoms with van der Waals surface area (Å²) in [5.74, 6) is 1.16. The van der Waals surface area contributed by atoms with Crippen LogP contribution in [0.1, 0.15) is 52.8 Å². The molecule has 26 heavy (non-hydrogen) atoms. The van der Waals surface area contributed by atoms with Crippen molar-refractivity contribution in [1.29, 1.82) is 0 Å². The molecule has 1 saturated carbocycles. The molecule has 0 spiro atoms. The van der Waals surface area contributed by atoms with Gasteiger partial charge in [-0.3, -0.25) is 9.59 Å². The average molecular weight is 363 g/mol. The van der Waals surface area contributed by atoms with Gasteiger partial charge in [0.25, 0.3) is 0 Å². The number of nitrogens with zero attached hydrogens (tertiary/aromatic N) is 3. The highest BCUT2D eigenvalue weighted by Crippen LogP contribution is 2.56. The Hall–Kier alpha value is -1.85. The second-order valence-electron chi connectivity index (χ2n) is 8.38. The van der Waals surface area contributed by atoms with Crippen LogP contribution in [0.15, 0.2) is 12.4 Å². The number of hydrogen-bond acceptors (Lipinski definition) is 3. The van der Waals surface area contributed by atoms with Crippen molar-refractivity contribution in [1.82, 2.24) is 19.8 Å². The Morgan fingerprint density at radius 2 is 2.04 bits per heavy atom. The summed E-state index contributed by atoms with van der Waals surface area (Å²) in [5.41, 5.74) is -0.884. The van der Waals surface area contributed by atoms with Gasteiger partial charge in [0.1, 0.15) is 5.82 Å². The molecule has 0 aliphatic heterocycles. The number of amides is 2. The Balaban J connectivity index is 1.93. The lowest BCUT2D eigenvalue weighted by Gasteiger charge is -2.40. The van der Waals surface area contributed by atoms with Crippen molar-refractivity contribution in [3.63, 3.8) is 0 Å². The summed E-state index contributed by atoms with van der Waals surface area (Å²) in [7, 11) is 3.57. The Morgan fingerprint density at radius 1 is 1.35 bits per heavy atom. The Morgan fingerprint density at radius 3 is 2.65 bits per heavy atom. The zero-order valence-corrected chi connectivity index (χ0v) is 17.1. The molecule has 1 aliphatic carbocycles. The van der Waals surface area contributed by atoms with Gasteiger partial charge < -0.3 is 14.8 Å². The van der Waals surface area contributed by atoms with E-state index in [0.29, 0.717) is 6.54 Å². The Kier molecular flexibility index (Phi) is 6.14. The molecule has 1 N–H and O–H groups in total. The van der Waals surface area contributed by atoms with Gasteiger partial charge in [0.15, 0.2) is 0 Å². The van der Waals surface area contributed by atoms with Crippen LogP contribution < -0.4 is 5.32 Å². The van der Waals surface area contributed by atoms with E-state index in [1.807, 2.05) is 19.3 Å². The third-order valence-corrected chi connectivity index (χ3v) is 6.45. The molecule has 146 valence electrons. The van der Waals surface area contributed by atoms with Gasteiger partial charge in [-0.15, -0.1) is 0 Å². The first-order valence-corrected chi connectivity index (χ1v) is 9.64. The summed E-state index contributed by atoms with van der Waals surface area (Å²) in [4.78, 5) is 31.4. The molecule has 1 aliphatic rings. The van der Waals surface area contributed by atoms with Gasteiger partial charge in [-0.2, -0.15) is 0 Å². The number of carbonyl (C=O) groups is 2. The smallest absolute Gasteiger partial charge is 0.226 e. The summed E-state index contributed by atoms with van der Waals surface area (Å²) >= 11 is 0. The normalized spacial score (nSPS) is 24.5. The molecule has 1 fully saturated rings. The monoisotopic (exact) mass is 362 g/mol. The lowest BCUT2D eigenvalue weighted by atomic mass is 9.65. The van der Waals surface area contributed by atoms with Crippen molar-refractivity contribution in [2.24, 2.45) is 16.7 Å². The van der Waals surface area contributed by atoms with Crippen LogP contribution in [0.4, 0.5) is 0 Å². The highest BCUT2D eigenvalue weighted by atomic mass is 16.2. The van der Waals surface area contributed by atoms with Gasteiger partial charge in [0.2, 0.25) is 11.8 Å². The molecule has 1 heterocycles. The zero-order chi connectivity index (χ0) is 19.5. The summed E-state index contributed by atoms with van der Waals surface area (Å²) < 4.78 is 2.14. The second kappa shape index (κ2) is 7.80. The van der Waals surface area contributed by atoms with Crippen LogP contribution in [0.5, 0.6) is 0 Å². The summed E-state index contributed by atoms with van der Waals surface area (Å²) in [6, 6.07) is 0. The largest absolute Gasteiger partial charge is 0.356 e. The standard InChI is InChI=1S/C20H34N4O2/c1-7-16-21-12-14-24(16)13-8-11-22-18(26)20(4)10-9-15(19(20,2)3)17(25)23(5)6/h12,14-15H,7-11,13H2,1-6H3,(H,22,26)/t15-,20+/m0/s1.